The first-order valence-electron chi connectivity index (χ1n) is 6.48. The van der Waals surface area contributed by atoms with Crippen molar-refractivity contribution in [3.05, 3.63) is 18.2 Å². The van der Waals surface area contributed by atoms with Gasteiger partial charge in [0.05, 0.1) is 19.3 Å². The summed E-state index contributed by atoms with van der Waals surface area (Å²) >= 11 is 0. The predicted molar refractivity (Wildman–Crippen MR) is 79.9 cm³/mol. The first-order chi connectivity index (χ1) is 9.94. The fraction of sp³-hybridized carbons (Fsp3) is 0.538. The van der Waals surface area contributed by atoms with Crippen molar-refractivity contribution in [2.75, 3.05) is 39.7 Å². The molecule has 3 N–H and O–H groups in total. The molecule has 0 saturated heterocycles. The van der Waals surface area contributed by atoms with Crippen LogP contribution in [0.1, 0.15) is 6.92 Å². The van der Waals surface area contributed by atoms with E-state index in [2.05, 4.69) is 4.72 Å². The number of methoxy groups -OCH3 is 2. The van der Waals surface area contributed by atoms with Gasteiger partial charge < -0.3 is 19.9 Å². The molecular formula is C13H22N2O5S. The van der Waals surface area contributed by atoms with Crippen molar-refractivity contribution in [2.24, 2.45) is 0 Å². The Balaban J connectivity index is 2.94. The van der Waals surface area contributed by atoms with Crippen molar-refractivity contribution in [1.29, 1.82) is 0 Å². The second-order valence-electron chi connectivity index (χ2n) is 4.30. The van der Waals surface area contributed by atoms with Gasteiger partial charge in [0.25, 0.3) is 0 Å². The van der Waals surface area contributed by atoms with Crippen LogP contribution in [0.15, 0.2) is 23.1 Å². The molecule has 0 amide bonds. The van der Waals surface area contributed by atoms with Crippen molar-refractivity contribution < 1.29 is 22.6 Å². The van der Waals surface area contributed by atoms with Gasteiger partial charge >= 0.3 is 0 Å². The van der Waals surface area contributed by atoms with Crippen LogP contribution in [0, 0.1) is 0 Å². The molecule has 8 heteroatoms. The lowest BCUT2D eigenvalue weighted by Crippen LogP contribution is -2.35. The summed E-state index contributed by atoms with van der Waals surface area (Å²) in [6.07, 6.45) is -0.374. The van der Waals surface area contributed by atoms with Gasteiger partial charge in [0.15, 0.2) is 0 Å². The van der Waals surface area contributed by atoms with Gasteiger partial charge in [0, 0.05) is 26.5 Å². The first-order valence-corrected chi connectivity index (χ1v) is 7.96. The summed E-state index contributed by atoms with van der Waals surface area (Å²) in [7, 11) is -0.740. The molecule has 1 rings (SSSR count). The molecule has 1 aromatic carbocycles. The van der Waals surface area contributed by atoms with Gasteiger partial charge in [-0.25, -0.2) is 13.1 Å². The Morgan fingerprint density at radius 3 is 2.62 bits per heavy atom. The molecule has 120 valence electrons. The third kappa shape index (κ3) is 5.16. The molecular weight excluding hydrogens is 296 g/mol. The third-order valence-corrected chi connectivity index (χ3v) is 4.19. The van der Waals surface area contributed by atoms with E-state index >= 15 is 0 Å². The molecule has 0 spiro atoms. The maximum absolute atomic E-state index is 12.4. The van der Waals surface area contributed by atoms with E-state index in [-0.39, 0.29) is 29.9 Å². The standard InChI is InChI=1S/C13H22N2O5S/c1-4-20-12-6-5-10(14)7-13(12)21(16,17)15-8-11(19-3)9-18-2/h5-7,11,15H,4,8-9,14H2,1-3H3. The van der Waals surface area contributed by atoms with Gasteiger partial charge in [-0.2, -0.15) is 0 Å². The molecule has 1 aromatic rings. The summed E-state index contributed by atoms with van der Waals surface area (Å²) in [6.45, 7) is 2.51. The van der Waals surface area contributed by atoms with Gasteiger partial charge in [0.1, 0.15) is 10.6 Å². The highest BCUT2D eigenvalue weighted by molar-refractivity contribution is 7.89. The topological polar surface area (TPSA) is 99.9 Å². The molecule has 0 heterocycles. The fourth-order valence-electron chi connectivity index (χ4n) is 1.69. The summed E-state index contributed by atoms with van der Waals surface area (Å²) < 4.78 is 42.6. The number of hydrogen-bond donors (Lipinski definition) is 2. The molecule has 1 atom stereocenters. The zero-order valence-electron chi connectivity index (χ0n) is 12.5. The second-order valence-corrected chi connectivity index (χ2v) is 6.04. The molecule has 0 aliphatic carbocycles. The minimum atomic E-state index is -3.75. The summed E-state index contributed by atoms with van der Waals surface area (Å²) in [4.78, 5) is 0.0108. The Hall–Kier alpha value is -1.35. The summed E-state index contributed by atoms with van der Waals surface area (Å²) in [5, 5.41) is 0. The normalized spacial score (nSPS) is 13.1. The minimum absolute atomic E-state index is 0.0108. The highest BCUT2D eigenvalue weighted by Crippen LogP contribution is 2.26. The van der Waals surface area contributed by atoms with Crippen LogP contribution in [-0.4, -0.2) is 48.5 Å². The molecule has 0 saturated carbocycles. The summed E-state index contributed by atoms with van der Waals surface area (Å²) in [5.74, 6) is 0.264. The van der Waals surface area contributed by atoms with Crippen molar-refractivity contribution in [3.63, 3.8) is 0 Å². The number of ether oxygens (including phenoxy) is 3. The van der Waals surface area contributed by atoms with Gasteiger partial charge in [-0.15, -0.1) is 0 Å². The number of nitrogens with two attached hydrogens (primary N) is 1. The van der Waals surface area contributed by atoms with Crippen LogP contribution in [0.5, 0.6) is 5.75 Å². The Kier molecular flexibility index (Phi) is 6.90. The number of benzene rings is 1. The second kappa shape index (κ2) is 8.18. The Morgan fingerprint density at radius 2 is 2.05 bits per heavy atom. The lowest BCUT2D eigenvalue weighted by atomic mass is 10.3. The van der Waals surface area contributed by atoms with E-state index in [1.807, 2.05) is 0 Å². The van der Waals surface area contributed by atoms with Gasteiger partial charge in [-0.05, 0) is 25.1 Å². The predicted octanol–water partition coefficient (Wildman–Crippen LogP) is 0.607. The van der Waals surface area contributed by atoms with Gasteiger partial charge in [0.2, 0.25) is 10.0 Å². The SMILES string of the molecule is CCOc1ccc(N)cc1S(=O)(=O)NCC(COC)OC. The van der Waals surface area contributed by atoms with E-state index in [4.69, 9.17) is 19.9 Å². The van der Waals surface area contributed by atoms with Crippen LogP contribution < -0.4 is 15.2 Å². The smallest absolute Gasteiger partial charge is 0.244 e. The monoisotopic (exact) mass is 318 g/mol. The number of nitrogen functional groups attached to an aromatic ring is 1. The highest BCUT2D eigenvalue weighted by Gasteiger charge is 2.21. The maximum Gasteiger partial charge on any atom is 0.244 e. The van der Waals surface area contributed by atoms with E-state index in [9.17, 15) is 8.42 Å². The van der Waals surface area contributed by atoms with Gasteiger partial charge in [-0.3, -0.25) is 0 Å². The zero-order chi connectivity index (χ0) is 15.9. The lowest BCUT2D eigenvalue weighted by Gasteiger charge is -2.16. The van der Waals surface area contributed by atoms with E-state index < -0.39 is 10.0 Å². The van der Waals surface area contributed by atoms with Crippen LogP contribution in [0.3, 0.4) is 0 Å². The minimum Gasteiger partial charge on any atom is -0.492 e. The van der Waals surface area contributed by atoms with E-state index in [1.165, 1.54) is 26.4 Å². The molecule has 7 nitrogen and oxygen atoms in total. The van der Waals surface area contributed by atoms with E-state index in [0.29, 0.717) is 12.3 Å². The summed E-state index contributed by atoms with van der Waals surface area (Å²) in [5.41, 5.74) is 6.00. The third-order valence-electron chi connectivity index (χ3n) is 2.74. The molecule has 0 radical (unpaired) electrons. The Bertz CT molecular complexity index is 547. The molecule has 0 aliphatic rings. The van der Waals surface area contributed by atoms with Crippen LogP contribution >= 0.6 is 0 Å². The van der Waals surface area contributed by atoms with Crippen molar-refractivity contribution in [1.82, 2.24) is 4.72 Å². The highest BCUT2D eigenvalue weighted by atomic mass is 32.2. The molecule has 0 fully saturated rings. The largest absolute Gasteiger partial charge is 0.492 e. The molecule has 1 unspecified atom stereocenters. The number of sulfonamides is 1. The molecule has 21 heavy (non-hydrogen) atoms. The number of hydrogen-bond acceptors (Lipinski definition) is 6. The van der Waals surface area contributed by atoms with E-state index in [1.54, 1.807) is 13.0 Å². The zero-order valence-corrected chi connectivity index (χ0v) is 13.3. The van der Waals surface area contributed by atoms with Crippen LogP contribution in [0.4, 0.5) is 5.69 Å². The lowest BCUT2D eigenvalue weighted by molar-refractivity contribution is 0.0320. The first kappa shape index (κ1) is 17.7. The van der Waals surface area contributed by atoms with Crippen molar-refractivity contribution in [3.8, 4) is 5.75 Å². The van der Waals surface area contributed by atoms with Gasteiger partial charge in [-0.1, -0.05) is 0 Å². The number of anilines is 1. The summed E-state index contributed by atoms with van der Waals surface area (Å²) in [6, 6.07) is 4.49. The maximum atomic E-state index is 12.4. The van der Waals surface area contributed by atoms with Crippen molar-refractivity contribution in [2.45, 2.75) is 17.9 Å². The Morgan fingerprint density at radius 1 is 1.33 bits per heavy atom. The fourth-order valence-corrected chi connectivity index (χ4v) is 2.93. The average molecular weight is 318 g/mol. The molecule has 0 bridgehead atoms. The average Bonchev–Trinajstić information content (AvgIpc) is 2.45. The van der Waals surface area contributed by atoms with Crippen LogP contribution in [0.2, 0.25) is 0 Å². The van der Waals surface area contributed by atoms with Crippen LogP contribution in [0.25, 0.3) is 0 Å². The Labute approximate surface area is 125 Å². The number of nitrogens with one attached hydrogen (secondary N) is 1. The van der Waals surface area contributed by atoms with Crippen LogP contribution in [-0.2, 0) is 19.5 Å². The van der Waals surface area contributed by atoms with E-state index in [0.717, 1.165) is 0 Å². The quantitative estimate of drug-likeness (QED) is 0.647. The number of rotatable bonds is 9. The molecule has 0 aliphatic heterocycles. The van der Waals surface area contributed by atoms with Crippen molar-refractivity contribution >= 4 is 15.7 Å². The molecule has 0 aromatic heterocycles.